The summed E-state index contributed by atoms with van der Waals surface area (Å²) in [5.41, 5.74) is -1.13. The van der Waals surface area contributed by atoms with E-state index >= 15 is 0 Å². The number of benzene rings is 1. The molecular formula is C14H20ClNO3. The molecule has 1 rings (SSSR count). The normalized spacial score (nSPS) is 14.6. The average molecular weight is 286 g/mol. The minimum atomic E-state index is -1.21. The van der Waals surface area contributed by atoms with Crippen molar-refractivity contribution in [3.63, 3.8) is 0 Å². The molecule has 0 fully saturated rings. The van der Waals surface area contributed by atoms with Crippen molar-refractivity contribution in [2.24, 2.45) is 0 Å². The lowest BCUT2D eigenvalue weighted by molar-refractivity contribution is 0.0317. The summed E-state index contributed by atoms with van der Waals surface area (Å²) in [6.07, 6.45) is -0.560. The number of halogens is 1. The zero-order valence-corrected chi connectivity index (χ0v) is 12.4. The van der Waals surface area contributed by atoms with Crippen molar-refractivity contribution < 1.29 is 14.6 Å². The number of carbonyl (C=O) groups excluding carboxylic acids is 1. The Morgan fingerprint density at radius 1 is 1.37 bits per heavy atom. The number of hydrogen-bond acceptors (Lipinski definition) is 3. The summed E-state index contributed by atoms with van der Waals surface area (Å²) in [6, 6.07) is 6.89. The molecule has 0 heterocycles. The Hall–Kier alpha value is -1.26. The summed E-state index contributed by atoms with van der Waals surface area (Å²) in [7, 11) is 0. The fraction of sp³-hybridized carbons (Fsp3) is 0.500. The van der Waals surface area contributed by atoms with Crippen LogP contribution in [0.1, 0.15) is 33.3 Å². The van der Waals surface area contributed by atoms with Crippen molar-refractivity contribution in [1.82, 2.24) is 5.32 Å². The van der Waals surface area contributed by atoms with E-state index in [2.05, 4.69) is 5.32 Å². The van der Waals surface area contributed by atoms with Crippen molar-refractivity contribution in [3.8, 4) is 0 Å². The van der Waals surface area contributed by atoms with Gasteiger partial charge in [0.05, 0.1) is 6.54 Å². The van der Waals surface area contributed by atoms with Crippen LogP contribution in [0.4, 0.5) is 4.79 Å². The van der Waals surface area contributed by atoms with E-state index in [0.29, 0.717) is 10.6 Å². The van der Waals surface area contributed by atoms with Crippen molar-refractivity contribution in [2.75, 3.05) is 6.54 Å². The van der Waals surface area contributed by atoms with Crippen LogP contribution in [0, 0.1) is 0 Å². The number of carbonyl (C=O) groups is 1. The number of aliphatic hydroxyl groups is 1. The van der Waals surface area contributed by atoms with E-state index in [-0.39, 0.29) is 6.54 Å². The van der Waals surface area contributed by atoms with Gasteiger partial charge in [0.15, 0.2) is 0 Å². The highest BCUT2D eigenvalue weighted by Gasteiger charge is 2.25. The fourth-order valence-electron chi connectivity index (χ4n) is 1.48. The second-order valence-electron chi connectivity index (χ2n) is 5.64. The van der Waals surface area contributed by atoms with Gasteiger partial charge in [-0.25, -0.2) is 4.79 Å². The lowest BCUT2D eigenvalue weighted by atomic mass is 9.96. The molecule has 0 saturated carbocycles. The molecule has 1 aromatic carbocycles. The molecule has 0 saturated heterocycles. The van der Waals surface area contributed by atoms with E-state index in [4.69, 9.17) is 16.3 Å². The monoisotopic (exact) mass is 285 g/mol. The van der Waals surface area contributed by atoms with Crippen LogP contribution in [0.5, 0.6) is 0 Å². The largest absolute Gasteiger partial charge is 0.444 e. The Balaban J connectivity index is 2.63. The van der Waals surface area contributed by atoms with Crippen LogP contribution < -0.4 is 5.32 Å². The predicted octanol–water partition coefficient (Wildman–Crippen LogP) is 3.07. The molecule has 0 spiro atoms. The van der Waals surface area contributed by atoms with E-state index in [9.17, 15) is 9.90 Å². The van der Waals surface area contributed by atoms with E-state index in [1.54, 1.807) is 52.0 Å². The van der Waals surface area contributed by atoms with Gasteiger partial charge < -0.3 is 15.2 Å². The van der Waals surface area contributed by atoms with Crippen LogP contribution in [0.2, 0.25) is 5.02 Å². The number of amides is 1. The van der Waals surface area contributed by atoms with Crippen molar-refractivity contribution in [2.45, 2.75) is 38.9 Å². The molecule has 0 aromatic heterocycles. The maximum Gasteiger partial charge on any atom is 0.407 e. The van der Waals surface area contributed by atoms with Gasteiger partial charge >= 0.3 is 6.09 Å². The lowest BCUT2D eigenvalue weighted by Crippen LogP contribution is -2.41. The molecule has 2 N–H and O–H groups in total. The fourth-order valence-corrected chi connectivity index (χ4v) is 1.67. The zero-order valence-electron chi connectivity index (χ0n) is 11.7. The second kappa shape index (κ2) is 5.80. The summed E-state index contributed by atoms with van der Waals surface area (Å²) >= 11 is 5.88. The van der Waals surface area contributed by atoms with Gasteiger partial charge in [-0.3, -0.25) is 0 Å². The van der Waals surface area contributed by atoms with Gasteiger partial charge in [0.2, 0.25) is 0 Å². The number of hydrogen-bond donors (Lipinski definition) is 2. The first-order chi connectivity index (χ1) is 8.60. The molecule has 0 aliphatic carbocycles. The van der Waals surface area contributed by atoms with E-state index in [1.165, 1.54) is 0 Å². The van der Waals surface area contributed by atoms with E-state index < -0.39 is 17.3 Å². The molecule has 106 valence electrons. The second-order valence-corrected chi connectivity index (χ2v) is 6.08. The molecule has 1 atom stereocenters. The van der Waals surface area contributed by atoms with Crippen LogP contribution >= 0.6 is 11.6 Å². The SMILES string of the molecule is CC(C)(C)OC(=O)NCC(C)(O)c1cccc(Cl)c1. The first kappa shape index (κ1) is 15.8. The van der Waals surface area contributed by atoms with Crippen LogP contribution in [0.3, 0.4) is 0 Å². The molecule has 1 amide bonds. The molecule has 0 aliphatic heterocycles. The number of rotatable bonds is 3. The molecule has 0 aliphatic rings. The number of nitrogens with one attached hydrogen (secondary N) is 1. The first-order valence-electron chi connectivity index (χ1n) is 6.05. The summed E-state index contributed by atoms with van der Waals surface area (Å²) in [5.74, 6) is 0. The molecule has 1 unspecified atom stereocenters. The molecule has 5 heteroatoms. The zero-order chi connectivity index (χ0) is 14.7. The third-order valence-corrected chi connectivity index (χ3v) is 2.66. The van der Waals surface area contributed by atoms with Gasteiger partial charge in [0.1, 0.15) is 11.2 Å². The topological polar surface area (TPSA) is 58.6 Å². The minimum absolute atomic E-state index is 0.0439. The van der Waals surface area contributed by atoms with Gasteiger partial charge in [-0.15, -0.1) is 0 Å². The number of ether oxygens (including phenoxy) is 1. The van der Waals surface area contributed by atoms with Crippen molar-refractivity contribution in [3.05, 3.63) is 34.9 Å². The van der Waals surface area contributed by atoms with Gasteiger partial charge in [0, 0.05) is 5.02 Å². The van der Waals surface area contributed by atoms with Gasteiger partial charge in [-0.05, 0) is 45.4 Å². The Kier molecular flexibility index (Phi) is 4.82. The average Bonchev–Trinajstić information content (AvgIpc) is 2.24. The Labute approximate surface area is 118 Å². The maximum atomic E-state index is 11.5. The summed E-state index contributed by atoms with van der Waals surface area (Å²) in [6.45, 7) is 6.99. The van der Waals surface area contributed by atoms with Gasteiger partial charge in [-0.1, -0.05) is 23.7 Å². The van der Waals surface area contributed by atoms with Crippen molar-refractivity contribution in [1.29, 1.82) is 0 Å². The standard InChI is InChI=1S/C14H20ClNO3/c1-13(2,3)19-12(17)16-9-14(4,18)10-6-5-7-11(15)8-10/h5-8,18H,9H2,1-4H3,(H,16,17). The van der Waals surface area contributed by atoms with Crippen LogP contribution in [0.15, 0.2) is 24.3 Å². The molecule has 0 radical (unpaired) electrons. The lowest BCUT2D eigenvalue weighted by Gasteiger charge is -2.26. The Morgan fingerprint density at radius 3 is 2.53 bits per heavy atom. The van der Waals surface area contributed by atoms with Crippen molar-refractivity contribution >= 4 is 17.7 Å². The summed E-state index contributed by atoms with van der Waals surface area (Å²) in [5, 5.41) is 13.4. The van der Waals surface area contributed by atoms with E-state index in [0.717, 1.165) is 0 Å². The van der Waals surface area contributed by atoms with Crippen LogP contribution in [0.25, 0.3) is 0 Å². The molecule has 19 heavy (non-hydrogen) atoms. The van der Waals surface area contributed by atoms with Crippen LogP contribution in [-0.2, 0) is 10.3 Å². The molecule has 0 bridgehead atoms. The quantitative estimate of drug-likeness (QED) is 0.897. The highest BCUT2D eigenvalue weighted by molar-refractivity contribution is 6.30. The smallest absolute Gasteiger partial charge is 0.407 e. The van der Waals surface area contributed by atoms with Crippen LogP contribution in [-0.4, -0.2) is 23.3 Å². The third kappa shape index (κ3) is 5.49. The third-order valence-electron chi connectivity index (χ3n) is 2.42. The molecule has 1 aromatic rings. The minimum Gasteiger partial charge on any atom is -0.444 e. The van der Waals surface area contributed by atoms with Gasteiger partial charge in [0.25, 0.3) is 0 Å². The summed E-state index contributed by atoms with van der Waals surface area (Å²) in [4.78, 5) is 11.5. The van der Waals surface area contributed by atoms with E-state index in [1.807, 2.05) is 0 Å². The molecule has 4 nitrogen and oxygen atoms in total. The van der Waals surface area contributed by atoms with Gasteiger partial charge in [-0.2, -0.15) is 0 Å². The summed E-state index contributed by atoms with van der Waals surface area (Å²) < 4.78 is 5.11. The highest BCUT2D eigenvalue weighted by atomic mass is 35.5. The highest BCUT2D eigenvalue weighted by Crippen LogP contribution is 2.22. The first-order valence-corrected chi connectivity index (χ1v) is 6.43. The predicted molar refractivity (Wildman–Crippen MR) is 75.3 cm³/mol. The maximum absolute atomic E-state index is 11.5. The Bertz CT molecular complexity index is 452. The molecular weight excluding hydrogens is 266 g/mol. The Morgan fingerprint density at radius 2 is 2.00 bits per heavy atom. The number of alkyl carbamates (subject to hydrolysis) is 1.